The van der Waals surface area contributed by atoms with E-state index in [1.54, 1.807) is 16.4 Å². The third-order valence-electron chi connectivity index (χ3n) is 3.02. The normalized spacial score (nSPS) is 18.4. The molecule has 3 nitrogen and oxygen atoms in total. The Morgan fingerprint density at radius 1 is 1.29 bits per heavy atom. The van der Waals surface area contributed by atoms with Crippen LogP contribution in [0.1, 0.15) is 31.4 Å². The van der Waals surface area contributed by atoms with E-state index in [4.69, 9.17) is 11.6 Å². The van der Waals surface area contributed by atoms with E-state index in [2.05, 4.69) is 0 Å². The molecule has 0 heterocycles. The summed E-state index contributed by atoms with van der Waals surface area (Å²) in [5.74, 6) is 0. The van der Waals surface area contributed by atoms with Gasteiger partial charge in [0.25, 0.3) is 0 Å². The lowest BCUT2D eigenvalue weighted by atomic mass is 10.1. The first-order valence-electron chi connectivity index (χ1n) is 5.63. The standard InChI is InChI=1S/C12H16ClNO2S/c1-9(10-3-5-11(13)6-4-10)14(12-7-8-12)17(2,15)16/h3-6,9,12H,7-8H2,1-2H3. The zero-order valence-corrected chi connectivity index (χ0v) is 11.5. The second-order valence-electron chi connectivity index (χ2n) is 4.55. The highest BCUT2D eigenvalue weighted by atomic mass is 35.5. The van der Waals surface area contributed by atoms with Crippen LogP contribution in [0.15, 0.2) is 24.3 Å². The molecule has 1 aromatic carbocycles. The molecule has 1 aromatic rings. The third kappa shape index (κ3) is 3.00. The van der Waals surface area contributed by atoms with Gasteiger partial charge in [0.1, 0.15) is 0 Å². The number of benzene rings is 1. The highest BCUT2D eigenvalue weighted by molar-refractivity contribution is 7.88. The topological polar surface area (TPSA) is 37.4 Å². The van der Waals surface area contributed by atoms with Gasteiger partial charge in [-0.3, -0.25) is 0 Å². The molecule has 94 valence electrons. The van der Waals surface area contributed by atoms with Gasteiger partial charge in [-0.25, -0.2) is 8.42 Å². The van der Waals surface area contributed by atoms with Crippen LogP contribution in [0, 0.1) is 0 Å². The molecule has 0 saturated heterocycles. The molecule has 0 aromatic heterocycles. The molecule has 0 amide bonds. The minimum absolute atomic E-state index is 0.130. The van der Waals surface area contributed by atoms with E-state index in [9.17, 15) is 8.42 Å². The summed E-state index contributed by atoms with van der Waals surface area (Å²) in [6.07, 6.45) is 3.20. The Bertz CT molecular complexity index is 494. The number of nitrogens with zero attached hydrogens (tertiary/aromatic N) is 1. The summed E-state index contributed by atoms with van der Waals surface area (Å²) in [5, 5.41) is 0.665. The van der Waals surface area contributed by atoms with Crippen LogP contribution in [-0.4, -0.2) is 25.0 Å². The minimum Gasteiger partial charge on any atom is -0.212 e. The van der Waals surface area contributed by atoms with Crippen molar-refractivity contribution < 1.29 is 8.42 Å². The van der Waals surface area contributed by atoms with Crippen LogP contribution in [-0.2, 0) is 10.0 Å². The lowest BCUT2D eigenvalue weighted by Gasteiger charge is -2.27. The highest BCUT2D eigenvalue weighted by Gasteiger charge is 2.38. The lowest BCUT2D eigenvalue weighted by Crippen LogP contribution is -2.34. The molecule has 2 rings (SSSR count). The molecule has 5 heteroatoms. The predicted octanol–water partition coefficient (Wildman–Crippen LogP) is 2.83. The van der Waals surface area contributed by atoms with Crippen molar-refractivity contribution in [2.75, 3.05) is 6.26 Å². The highest BCUT2D eigenvalue weighted by Crippen LogP contribution is 2.36. The fourth-order valence-corrected chi connectivity index (χ4v) is 3.67. The number of hydrogen-bond donors (Lipinski definition) is 0. The lowest BCUT2D eigenvalue weighted by molar-refractivity contribution is 0.337. The van der Waals surface area contributed by atoms with Crippen LogP contribution < -0.4 is 0 Å². The van der Waals surface area contributed by atoms with Crippen molar-refractivity contribution in [1.82, 2.24) is 4.31 Å². The SMILES string of the molecule is CC(c1ccc(Cl)cc1)N(C1CC1)S(C)(=O)=O. The molecular formula is C12H16ClNO2S. The molecule has 0 N–H and O–H groups in total. The first-order chi connectivity index (χ1) is 7.89. The molecule has 1 aliphatic rings. The number of hydrogen-bond acceptors (Lipinski definition) is 2. The van der Waals surface area contributed by atoms with Gasteiger partial charge in [-0.1, -0.05) is 23.7 Å². The van der Waals surface area contributed by atoms with Crippen LogP contribution in [0.25, 0.3) is 0 Å². The van der Waals surface area contributed by atoms with Crippen molar-refractivity contribution in [2.24, 2.45) is 0 Å². The van der Waals surface area contributed by atoms with E-state index in [1.807, 2.05) is 19.1 Å². The molecule has 0 aliphatic heterocycles. The van der Waals surface area contributed by atoms with Crippen molar-refractivity contribution in [2.45, 2.75) is 31.8 Å². The average molecular weight is 274 g/mol. The number of halogens is 1. The number of sulfonamides is 1. The van der Waals surface area contributed by atoms with Crippen LogP contribution in [0.2, 0.25) is 5.02 Å². The summed E-state index contributed by atoms with van der Waals surface area (Å²) >= 11 is 5.83. The van der Waals surface area contributed by atoms with Gasteiger partial charge in [-0.15, -0.1) is 0 Å². The second kappa shape index (κ2) is 4.59. The largest absolute Gasteiger partial charge is 0.212 e. The van der Waals surface area contributed by atoms with E-state index in [-0.39, 0.29) is 12.1 Å². The molecule has 0 spiro atoms. The quantitative estimate of drug-likeness (QED) is 0.846. The molecule has 0 radical (unpaired) electrons. The van der Waals surface area contributed by atoms with Gasteiger partial charge < -0.3 is 0 Å². The predicted molar refractivity (Wildman–Crippen MR) is 69.6 cm³/mol. The van der Waals surface area contributed by atoms with E-state index < -0.39 is 10.0 Å². The minimum atomic E-state index is -3.16. The van der Waals surface area contributed by atoms with Crippen molar-refractivity contribution >= 4 is 21.6 Å². The van der Waals surface area contributed by atoms with Gasteiger partial charge in [0.05, 0.1) is 6.26 Å². The first kappa shape index (κ1) is 12.9. The molecule has 1 saturated carbocycles. The summed E-state index contributed by atoms with van der Waals surface area (Å²) in [6, 6.07) is 7.40. The molecule has 1 unspecified atom stereocenters. The molecular weight excluding hydrogens is 258 g/mol. The van der Waals surface area contributed by atoms with Crippen LogP contribution in [0.5, 0.6) is 0 Å². The first-order valence-corrected chi connectivity index (χ1v) is 7.86. The van der Waals surface area contributed by atoms with Gasteiger partial charge in [0.2, 0.25) is 10.0 Å². The molecule has 1 aliphatic carbocycles. The Morgan fingerprint density at radius 3 is 2.24 bits per heavy atom. The van der Waals surface area contributed by atoms with Crippen molar-refractivity contribution in [3.8, 4) is 0 Å². The summed E-state index contributed by atoms with van der Waals surface area (Å²) in [4.78, 5) is 0. The molecule has 1 fully saturated rings. The van der Waals surface area contributed by atoms with E-state index in [0.717, 1.165) is 18.4 Å². The summed E-state index contributed by atoms with van der Waals surface area (Å²) in [5.41, 5.74) is 0.978. The Kier molecular flexibility index (Phi) is 3.48. The van der Waals surface area contributed by atoms with E-state index in [1.165, 1.54) is 6.26 Å². The van der Waals surface area contributed by atoms with Gasteiger partial charge >= 0.3 is 0 Å². The smallest absolute Gasteiger partial charge is 0.212 e. The number of rotatable bonds is 4. The maximum absolute atomic E-state index is 11.8. The summed E-state index contributed by atoms with van der Waals surface area (Å²) in [6.45, 7) is 1.92. The summed E-state index contributed by atoms with van der Waals surface area (Å²) < 4.78 is 25.2. The van der Waals surface area contributed by atoms with Crippen LogP contribution >= 0.6 is 11.6 Å². The van der Waals surface area contributed by atoms with Crippen molar-refractivity contribution in [1.29, 1.82) is 0 Å². The summed E-state index contributed by atoms with van der Waals surface area (Å²) in [7, 11) is -3.16. The fourth-order valence-electron chi connectivity index (χ4n) is 2.09. The van der Waals surface area contributed by atoms with Crippen molar-refractivity contribution in [3.05, 3.63) is 34.9 Å². The monoisotopic (exact) mass is 273 g/mol. The van der Waals surface area contributed by atoms with Crippen molar-refractivity contribution in [3.63, 3.8) is 0 Å². The maximum Gasteiger partial charge on any atom is 0.212 e. The zero-order valence-electron chi connectivity index (χ0n) is 9.93. The molecule has 17 heavy (non-hydrogen) atoms. The fraction of sp³-hybridized carbons (Fsp3) is 0.500. The Labute approximate surface area is 107 Å². The van der Waals surface area contributed by atoms with Crippen LogP contribution in [0.4, 0.5) is 0 Å². The van der Waals surface area contributed by atoms with Gasteiger partial charge in [-0.2, -0.15) is 4.31 Å². The Hall–Kier alpha value is -0.580. The molecule has 0 bridgehead atoms. The van der Waals surface area contributed by atoms with Gasteiger partial charge in [-0.05, 0) is 37.5 Å². The van der Waals surface area contributed by atoms with Gasteiger partial charge in [0, 0.05) is 17.1 Å². The van der Waals surface area contributed by atoms with Crippen LogP contribution in [0.3, 0.4) is 0 Å². The van der Waals surface area contributed by atoms with E-state index >= 15 is 0 Å². The Balaban J connectivity index is 2.28. The molecule has 1 atom stereocenters. The average Bonchev–Trinajstić information content (AvgIpc) is 3.01. The Morgan fingerprint density at radius 2 is 1.82 bits per heavy atom. The third-order valence-corrected chi connectivity index (χ3v) is 4.66. The second-order valence-corrected chi connectivity index (χ2v) is 6.88. The maximum atomic E-state index is 11.8. The van der Waals surface area contributed by atoms with Gasteiger partial charge in [0.15, 0.2) is 0 Å². The van der Waals surface area contributed by atoms with E-state index in [0.29, 0.717) is 5.02 Å². The zero-order chi connectivity index (χ0) is 12.6.